The lowest BCUT2D eigenvalue weighted by molar-refractivity contribution is -0.122. The zero-order valence-electron chi connectivity index (χ0n) is 4.05. The van der Waals surface area contributed by atoms with Crippen LogP contribution in [0.4, 0.5) is 4.79 Å². The molecule has 0 rings (SSSR count). The molecule has 0 unspecified atom stereocenters. The second-order valence-electron chi connectivity index (χ2n) is 1.07. The second kappa shape index (κ2) is 5.04. The lowest BCUT2D eigenvalue weighted by Gasteiger charge is -1.92. The predicted octanol–water partition coefficient (Wildman–Crippen LogP) is -1.19. The number of imide groups is 1. The molecule has 0 aromatic carbocycles. The van der Waals surface area contributed by atoms with Crippen LogP contribution in [0.3, 0.4) is 0 Å². The van der Waals surface area contributed by atoms with Gasteiger partial charge in [-0.3, -0.25) is 10.1 Å². The number of nitrogens with two attached hydrogens (primary N) is 1. The molecule has 3 amide bonds. The molecular formula is C4H10N2O3. The van der Waals surface area contributed by atoms with Crippen molar-refractivity contribution in [2.45, 2.75) is 7.43 Å². The SMILES string of the molecule is C.NC(=O)NC(=O)CO. The third kappa shape index (κ3) is 6.90. The average Bonchev–Trinajstić information content (AvgIpc) is 1.65. The van der Waals surface area contributed by atoms with Crippen molar-refractivity contribution in [1.29, 1.82) is 0 Å². The number of primary amides is 1. The Morgan fingerprint density at radius 1 is 1.56 bits per heavy atom. The molecular weight excluding hydrogens is 124 g/mol. The first-order valence-corrected chi connectivity index (χ1v) is 1.87. The topological polar surface area (TPSA) is 92.4 Å². The van der Waals surface area contributed by atoms with E-state index >= 15 is 0 Å². The predicted molar refractivity (Wildman–Crippen MR) is 31.5 cm³/mol. The summed E-state index contributed by atoms with van der Waals surface area (Å²) in [6, 6.07) is -0.955. The van der Waals surface area contributed by atoms with Gasteiger partial charge in [-0.1, -0.05) is 7.43 Å². The average molecular weight is 134 g/mol. The summed E-state index contributed by atoms with van der Waals surface area (Å²) in [5.41, 5.74) is 4.49. The van der Waals surface area contributed by atoms with E-state index in [0.717, 1.165) is 0 Å². The van der Waals surface area contributed by atoms with Crippen LogP contribution in [-0.2, 0) is 4.79 Å². The van der Waals surface area contributed by atoms with Crippen molar-refractivity contribution >= 4 is 11.9 Å². The third-order valence-corrected chi connectivity index (χ3v) is 0.406. The maximum absolute atomic E-state index is 9.96. The van der Waals surface area contributed by atoms with Gasteiger partial charge in [-0.05, 0) is 0 Å². The minimum atomic E-state index is -0.955. The minimum Gasteiger partial charge on any atom is -0.387 e. The zero-order chi connectivity index (χ0) is 6.57. The first-order chi connectivity index (χ1) is 3.66. The van der Waals surface area contributed by atoms with E-state index in [2.05, 4.69) is 5.73 Å². The van der Waals surface area contributed by atoms with E-state index in [1.165, 1.54) is 0 Å². The highest BCUT2D eigenvalue weighted by Crippen LogP contribution is 1.58. The van der Waals surface area contributed by atoms with Crippen molar-refractivity contribution in [2.24, 2.45) is 5.73 Å². The normalized spacial score (nSPS) is 7.22. The van der Waals surface area contributed by atoms with Gasteiger partial charge in [-0.15, -0.1) is 0 Å². The van der Waals surface area contributed by atoms with Gasteiger partial charge in [0.05, 0.1) is 0 Å². The number of aliphatic hydroxyl groups is 1. The summed E-state index contributed by atoms with van der Waals surface area (Å²) < 4.78 is 0. The Labute approximate surface area is 52.8 Å². The van der Waals surface area contributed by atoms with Crippen LogP contribution in [0.15, 0.2) is 0 Å². The molecule has 0 atom stereocenters. The second-order valence-corrected chi connectivity index (χ2v) is 1.07. The summed E-state index contributed by atoms with van der Waals surface area (Å²) in [4.78, 5) is 19.7. The molecule has 5 heteroatoms. The fourth-order valence-corrected chi connectivity index (χ4v) is 0.177. The van der Waals surface area contributed by atoms with Crippen LogP contribution >= 0.6 is 0 Å². The van der Waals surface area contributed by atoms with Crippen LogP contribution in [0.25, 0.3) is 0 Å². The molecule has 0 aromatic heterocycles. The molecule has 0 bridgehead atoms. The monoisotopic (exact) mass is 134 g/mol. The number of hydrogen-bond donors (Lipinski definition) is 3. The van der Waals surface area contributed by atoms with E-state index in [0.29, 0.717) is 0 Å². The van der Waals surface area contributed by atoms with Crippen LogP contribution in [-0.4, -0.2) is 23.7 Å². The highest BCUT2D eigenvalue weighted by molar-refractivity contribution is 5.93. The molecule has 9 heavy (non-hydrogen) atoms. The molecule has 5 nitrogen and oxygen atoms in total. The number of carbonyl (C=O) groups is 2. The standard InChI is InChI=1S/C3H6N2O3.CH4/c4-3(8)5-2(7)1-6;/h6H,1H2,(H3,4,5,7,8);1H4. The van der Waals surface area contributed by atoms with E-state index in [1.807, 2.05) is 0 Å². The van der Waals surface area contributed by atoms with Gasteiger partial charge in [0.2, 0.25) is 0 Å². The summed E-state index contributed by atoms with van der Waals surface area (Å²) in [5.74, 6) is -0.794. The Hall–Kier alpha value is -1.10. The number of rotatable bonds is 1. The quantitative estimate of drug-likeness (QED) is 0.421. The van der Waals surface area contributed by atoms with Gasteiger partial charge in [0, 0.05) is 0 Å². The van der Waals surface area contributed by atoms with E-state index < -0.39 is 18.5 Å². The lowest BCUT2D eigenvalue weighted by atomic mass is 10.6. The van der Waals surface area contributed by atoms with Gasteiger partial charge in [0.1, 0.15) is 6.61 Å². The molecule has 0 aliphatic heterocycles. The minimum absolute atomic E-state index is 0. The summed E-state index contributed by atoms with van der Waals surface area (Å²) in [7, 11) is 0. The fourth-order valence-electron chi connectivity index (χ4n) is 0.177. The molecule has 0 spiro atoms. The fraction of sp³-hybridized carbons (Fsp3) is 0.500. The Morgan fingerprint density at radius 2 is 2.00 bits per heavy atom. The van der Waals surface area contributed by atoms with Crippen molar-refractivity contribution in [1.82, 2.24) is 5.32 Å². The molecule has 0 radical (unpaired) electrons. The van der Waals surface area contributed by atoms with Crippen molar-refractivity contribution in [3.8, 4) is 0 Å². The number of nitrogens with one attached hydrogen (secondary N) is 1. The molecule has 0 aliphatic carbocycles. The van der Waals surface area contributed by atoms with Crippen LogP contribution in [0, 0.1) is 0 Å². The van der Waals surface area contributed by atoms with Gasteiger partial charge in [0.15, 0.2) is 0 Å². The molecule has 0 saturated heterocycles. The molecule has 0 aromatic rings. The maximum atomic E-state index is 9.96. The Bertz CT molecular complexity index is 112. The molecule has 54 valence electrons. The van der Waals surface area contributed by atoms with Crippen molar-refractivity contribution < 1.29 is 14.7 Å². The smallest absolute Gasteiger partial charge is 0.318 e. The molecule has 0 saturated carbocycles. The summed E-state index contributed by atoms with van der Waals surface area (Å²) >= 11 is 0. The van der Waals surface area contributed by atoms with E-state index in [9.17, 15) is 9.59 Å². The van der Waals surface area contributed by atoms with Gasteiger partial charge < -0.3 is 10.8 Å². The highest BCUT2D eigenvalue weighted by Gasteiger charge is 1.98. The van der Waals surface area contributed by atoms with Crippen molar-refractivity contribution in [3.63, 3.8) is 0 Å². The number of hydrogen-bond acceptors (Lipinski definition) is 3. The van der Waals surface area contributed by atoms with Crippen LogP contribution in [0.2, 0.25) is 0 Å². The highest BCUT2D eigenvalue weighted by atomic mass is 16.3. The van der Waals surface area contributed by atoms with Crippen LogP contribution in [0.1, 0.15) is 7.43 Å². The number of carbonyl (C=O) groups excluding carboxylic acids is 2. The Balaban J connectivity index is 0. The summed E-state index contributed by atoms with van der Waals surface area (Å²) in [5, 5.41) is 9.61. The number of amides is 3. The van der Waals surface area contributed by atoms with Crippen molar-refractivity contribution in [3.05, 3.63) is 0 Å². The van der Waals surface area contributed by atoms with Gasteiger partial charge in [-0.2, -0.15) is 0 Å². The maximum Gasteiger partial charge on any atom is 0.318 e. The Kier molecular flexibility index (Phi) is 6.06. The van der Waals surface area contributed by atoms with E-state index in [1.54, 1.807) is 5.32 Å². The van der Waals surface area contributed by atoms with Gasteiger partial charge in [-0.25, -0.2) is 4.79 Å². The van der Waals surface area contributed by atoms with Crippen LogP contribution in [0.5, 0.6) is 0 Å². The Morgan fingerprint density at radius 3 is 2.11 bits per heavy atom. The zero-order valence-corrected chi connectivity index (χ0v) is 4.05. The molecule has 4 N–H and O–H groups in total. The lowest BCUT2D eigenvalue weighted by Crippen LogP contribution is -2.36. The molecule has 0 heterocycles. The molecule has 0 fully saturated rings. The molecule has 0 aliphatic rings. The summed E-state index contributed by atoms with van der Waals surface area (Å²) in [6.07, 6.45) is 0. The van der Waals surface area contributed by atoms with Gasteiger partial charge in [0.25, 0.3) is 5.91 Å². The van der Waals surface area contributed by atoms with Crippen LogP contribution < -0.4 is 11.1 Å². The number of aliphatic hydroxyl groups excluding tert-OH is 1. The first-order valence-electron chi connectivity index (χ1n) is 1.87. The van der Waals surface area contributed by atoms with E-state index in [4.69, 9.17) is 5.11 Å². The first kappa shape index (κ1) is 10.8. The third-order valence-electron chi connectivity index (χ3n) is 0.406. The summed E-state index contributed by atoms with van der Waals surface area (Å²) in [6.45, 7) is -0.719. The van der Waals surface area contributed by atoms with Crippen molar-refractivity contribution in [2.75, 3.05) is 6.61 Å². The largest absolute Gasteiger partial charge is 0.387 e. The number of urea groups is 1. The van der Waals surface area contributed by atoms with Gasteiger partial charge >= 0.3 is 6.03 Å². The van der Waals surface area contributed by atoms with E-state index in [-0.39, 0.29) is 7.43 Å².